The summed E-state index contributed by atoms with van der Waals surface area (Å²) in [7, 11) is 0. The Hall–Kier alpha value is -2.11. The fraction of sp³-hybridized carbons (Fsp3) is 0.600. The Morgan fingerprint density at radius 2 is 1.97 bits per heavy atom. The van der Waals surface area contributed by atoms with E-state index in [0.29, 0.717) is 38.8 Å². The van der Waals surface area contributed by atoms with Gasteiger partial charge in [0.25, 0.3) is 0 Å². The van der Waals surface area contributed by atoms with Crippen molar-refractivity contribution in [3.05, 3.63) is 23.7 Å². The fourth-order valence-corrected chi connectivity index (χ4v) is 4.71. The normalized spacial score (nSPS) is 23.4. The number of fused-ring (bicyclic) bond motifs is 1. The lowest BCUT2D eigenvalue weighted by atomic mass is 9.90. The number of hydrogen-bond acceptors (Lipinski definition) is 6. The molecule has 0 radical (unpaired) electrons. The Balaban J connectivity index is 1.18. The molecule has 1 aliphatic carbocycles. The number of carbonyl (C=O) groups excluding carboxylic acids is 1. The molecule has 1 aliphatic heterocycles. The molecular weight excluding hydrogens is 433 g/mol. The number of rotatable bonds is 6. The van der Waals surface area contributed by atoms with Crippen molar-refractivity contribution in [2.75, 3.05) is 19.7 Å². The predicted octanol–water partition coefficient (Wildman–Crippen LogP) is 2.89. The van der Waals surface area contributed by atoms with Gasteiger partial charge in [-0.05, 0) is 37.8 Å². The van der Waals surface area contributed by atoms with E-state index in [0.717, 1.165) is 16.0 Å². The Bertz CT molecular complexity index is 895. The number of aromatic nitrogens is 1. The molecule has 2 heterocycles. The third-order valence-electron chi connectivity index (χ3n) is 5.82. The van der Waals surface area contributed by atoms with Gasteiger partial charge in [-0.1, -0.05) is 6.07 Å². The smallest absolute Gasteiger partial charge is 0.406 e. The van der Waals surface area contributed by atoms with Gasteiger partial charge >= 0.3 is 12.2 Å². The second-order valence-corrected chi connectivity index (χ2v) is 8.93. The molecule has 7 nitrogen and oxygen atoms in total. The molecule has 1 aromatic carbocycles. The van der Waals surface area contributed by atoms with E-state index < -0.39 is 18.8 Å². The maximum absolute atomic E-state index is 12.8. The molecule has 2 aromatic rings. The summed E-state index contributed by atoms with van der Waals surface area (Å²) in [5, 5.41) is 14.4. The van der Waals surface area contributed by atoms with Gasteiger partial charge in [-0.2, -0.15) is 13.2 Å². The number of thiazole rings is 1. The molecular formula is C20H25F3N4O3S. The molecule has 2 fully saturated rings. The highest BCUT2D eigenvalue weighted by atomic mass is 32.1. The predicted molar refractivity (Wildman–Crippen MR) is 110 cm³/mol. The average Bonchev–Trinajstić information content (AvgIpc) is 3.18. The number of halogens is 3. The van der Waals surface area contributed by atoms with Crippen molar-refractivity contribution in [2.24, 2.45) is 0 Å². The standard InChI is InChI=1S/C20H25F3N4O3S/c21-20(22,23)17(10-28)25-12-4-6-13(7-5-12)26-19(29)27-8-14(9-27)30-15-2-1-3-16-18(15)24-11-31-16/h1-3,11-14,17,25,28H,4-10H2,(H,26,29)/t12-,13-,17?. The maximum Gasteiger partial charge on any atom is 0.406 e. The van der Waals surface area contributed by atoms with Gasteiger partial charge < -0.3 is 25.4 Å². The number of amides is 2. The van der Waals surface area contributed by atoms with Crippen LogP contribution in [0.3, 0.4) is 0 Å². The zero-order chi connectivity index (χ0) is 22.0. The van der Waals surface area contributed by atoms with Crippen LogP contribution in [0.2, 0.25) is 0 Å². The van der Waals surface area contributed by atoms with E-state index in [2.05, 4.69) is 15.6 Å². The lowest BCUT2D eigenvalue weighted by molar-refractivity contribution is -0.166. The Morgan fingerprint density at radius 3 is 2.65 bits per heavy atom. The van der Waals surface area contributed by atoms with Crippen LogP contribution in [0.5, 0.6) is 5.75 Å². The number of hydrogen-bond donors (Lipinski definition) is 3. The molecule has 2 aliphatic rings. The Labute approximate surface area is 181 Å². The van der Waals surface area contributed by atoms with Gasteiger partial charge in [-0.3, -0.25) is 0 Å². The van der Waals surface area contributed by atoms with Crippen LogP contribution >= 0.6 is 11.3 Å². The molecule has 4 rings (SSSR count). The minimum atomic E-state index is -4.47. The lowest BCUT2D eigenvalue weighted by Crippen LogP contribution is -2.60. The second kappa shape index (κ2) is 9.17. The molecule has 1 saturated heterocycles. The number of alkyl halides is 3. The van der Waals surface area contributed by atoms with Crippen molar-refractivity contribution in [3.63, 3.8) is 0 Å². The molecule has 1 atom stereocenters. The van der Waals surface area contributed by atoms with E-state index in [1.165, 1.54) is 0 Å². The number of carbonyl (C=O) groups is 1. The SMILES string of the molecule is O=C(N[C@H]1CC[C@H](NC(CO)C(F)(F)F)CC1)N1CC(Oc2cccc3scnc23)C1. The largest absolute Gasteiger partial charge is 0.484 e. The van der Waals surface area contributed by atoms with Crippen LogP contribution in [0.25, 0.3) is 10.2 Å². The van der Waals surface area contributed by atoms with Crippen LogP contribution in [0.4, 0.5) is 18.0 Å². The number of urea groups is 1. The first kappa shape index (κ1) is 22.1. The number of para-hydroxylation sites is 1. The molecule has 3 N–H and O–H groups in total. The molecule has 0 spiro atoms. The molecule has 1 unspecified atom stereocenters. The highest BCUT2D eigenvalue weighted by Gasteiger charge is 2.41. The average molecular weight is 459 g/mol. The van der Waals surface area contributed by atoms with Gasteiger partial charge in [-0.25, -0.2) is 9.78 Å². The van der Waals surface area contributed by atoms with E-state index in [1.807, 2.05) is 18.2 Å². The maximum atomic E-state index is 12.8. The summed E-state index contributed by atoms with van der Waals surface area (Å²) < 4.78 is 45.4. The van der Waals surface area contributed by atoms with Gasteiger partial charge in [-0.15, -0.1) is 11.3 Å². The van der Waals surface area contributed by atoms with Gasteiger partial charge in [0.15, 0.2) is 0 Å². The first-order chi connectivity index (χ1) is 14.8. The summed E-state index contributed by atoms with van der Waals surface area (Å²) in [4.78, 5) is 18.4. The van der Waals surface area contributed by atoms with Crippen molar-refractivity contribution in [1.82, 2.24) is 20.5 Å². The van der Waals surface area contributed by atoms with E-state index >= 15 is 0 Å². The van der Waals surface area contributed by atoms with Crippen molar-refractivity contribution < 1.29 is 27.8 Å². The summed E-state index contributed by atoms with van der Waals surface area (Å²) in [6, 6.07) is 3.31. The lowest BCUT2D eigenvalue weighted by Gasteiger charge is -2.40. The van der Waals surface area contributed by atoms with Crippen LogP contribution in [0.15, 0.2) is 23.7 Å². The van der Waals surface area contributed by atoms with Crippen LogP contribution in [0.1, 0.15) is 25.7 Å². The molecule has 1 saturated carbocycles. The van der Waals surface area contributed by atoms with E-state index in [1.54, 1.807) is 21.7 Å². The third kappa shape index (κ3) is 5.21. The zero-order valence-corrected chi connectivity index (χ0v) is 17.6. The van der Waals surface area contributed by atoms with E-state index in [-0.39, 0.29) is 24.2 Å². The highest BCUT2D eigenvalue weighted by molar-refractivity contribution is 7.16. The molecule has 0 bridgehead atoms. The van der Waals surface area contributed by atoms with Gasteiger partial charge in [0.2, 0.25) is 0 Å². The molecule has 1 aromatic heterocycles. The van der Waals surface area contributed by atoms with Crippen LogP contribution in [0, 0.1) is 0 Å². The van der Waals surface area contributed by atoms with Gasteiger partial charge in [0.05, 0.1) is 29.9 Å². The number of aliphatic hydroxyl groups is 1. The number of nitrogens with zero attached hydrogens (tertiary/aromatic N) is 2. The quantitative estimate of drug-likeness (QED) is 0.620. The van der Waals surface area contributed by atoms with Crippen molar-refractivity contribution in [3.8, 4) is 5.75 Å². The molecule has 11 heteroatoms. The fourth-order valence-electron chi connectivity index (χ4n) is 4.02. The summed E-state index contributed by atoms with van der Waals surface area (Å²) in [6.45, 7) is -0.0185. The third-order valence-corrected chi connectivity index (χ3v) is 6.62. The van der Waals surface area contributed by atoms with Crippen LogP contribution in [-0.2, 0) is 0 Å². The van der Waals surface area contributed by atoms with Crippen LogP contribution < -0.4 is 15.4 Å². The number of likely N-dealkylation sites (tertiary alicyclic amines) is 1. The summed E-state index contributed by atoms with van der Waals surface area (Å²) in [5.74, 6) is 0.717. The van der Waals surface area contributed by atoms with Crippen molar-refractivity contribution in [2.45, 2.75) is 56.1 Å². The first-order valence-corrected chi connectivity index (χ1v) is 11.2. The second-order valence-electron chi connectivity index (χ2n) is 8.04. The minimum absolute atomic E-state index is 0.0623. The number of aliphatic hydroxyl groups excluding tert-OH is 1. The van der Waals surface area contributed by atoms with Gasteiger partial charge in [0.1, 0.15) is 23.4 Å². The summed E-state index contributed by atoms with van der Waals surface area (Å²) in [6.07, 6.45) is -2.34. The summed E-state index contributed by atoms with van der Waals surface area (Å²) in [5.41, 5.74) is 2.60. The topological polar surface area (TPSA) is 86.7 Å². The summed E-state index contributed by atoms with van der Waals surface area (Å²) >= 11 is 1.55. The van der Waals surface area contributed by atoms with Gasteiger partial charge in [0, 0.05) is 12.1 Å². The first-order valence-electron chi connectivity index (χ1n) is 10.3. The van der Waals surface area contributed by atoms with Crippen LogP contribution in [-0.4, -0.2) is 71.1 Å². The number of ether oxygens (including phenoxy) is 1. The van der Waals surface area contributed by atoms with E-state index in [9.17, 15) is 18.0 Å². The monoisotopic (exact) mass is 458 g/mol. The Kier molecular flexibility index (Phi) is 6.54. The van der Waals surface area contributed by atoms with Crippen molar-refractivity contribution in [1.29, 1.82) is 0 Å². The highest BCUT2D eigenvalue weighted by Crippen LogP contribution is 2.29. The molecule has 170 valence electrons. The number of benzene rings is 1. The Morgan fingerprint density at radius 1 is 1.26 bits per heavy atom. The number of nitrogens with one attached hydrogen (secondary N) is 2. The minimum Gasteiger partial charge on any atom is -0.484 e. The van der Waals surface area contributed by atoms with E-state index in [4.69, 9.17) is 9.84 Å². The molecule has 31 heavy (non-hydrogen) atoms. The zero-order valence-electron chi connectivity index (χ0n) is 16.8. The molecule has 2 amide bonds. The van der Waals surface area contributed by atoms with Crippen molar-refractivity contribution >= 4 is 27.6 Å².